The molecule has 2 aromatic carbocycles. The molecule has 0 aliphatic carbocycles. The van der Waals surface area contributed by atoms with Gasteiger partial charge in [0.25, 0.3) is 5.91 Å². The smallest absolute Gasteiger partial charge is 0.261 e. The monoisotopic (exact) mass is 516 g/mol. The first-order valence-corrected chi connectivity index (χ1v) is 12.5. The van der Waals surface area contributed by atoms with Crippen molar-refractivity contribution in [1.29, 1.82) is 0 Å². The maximum absolute atomic E-state index is 13.3. The Labute approximate surface area is 207 Å². The molecule has 0 saturated heterocycles. The van der Waals surface area contributed by atoms with Gasteiger partial charge in [0.05, 0.1) is 4.47 Å². The molecule has 180 valence electrons. The van der Waals surface area contributed by atoms with Crippen LogP contribution in [0.3, 0.4) is 0 Å². The predicted octanol–water partition coefficient (Wildman–Crippen LogP) is 5.84. The van der Waals surface area contributed by atoms with Gasteiger partial charge in [0, 0.05) is 13.1 Å². The molecule has 0 fully saturated rings. The molecule has 0 saturated carbocycles. The summed E-state index contributed by atoms with van der Waals surface area (Å²) in [6.07, 6.45) is 0.522. The average Bonchev–Trinajstić information content (AvgIpc) is 2.77. The SMILES string of the molecule is CC[C@@H](C(=O)NCC(C)C)N(Cc1ccc(C)cc1)C(=O)COc1ccc(C(C)C)cc1Br. The third kappa shape index (κ3) is 8.18. The minimum Gasteiger partial charge on any atom is -0.483 e. The van der Waals surface area contributed by atoms with Gasteiger partial charge in [-0.2, -0.15) is 0 Å². The Bertz CT molecular complexity index is 925. The van der Waals surface area contributed by atoms with Crippen molar-refractivity contribution in [2.45, 2.75) is 66.5 Å². The molecule has 6 heteroatoms. The molecule has 2 rings (SSSR count). The van der Waals surface area contributed by atoms with Gasteiger partial charge in [0.1, 0.15) is 11.8 Å². The number of ether oxygens (including phenoxy) is 1. The Kier molecular flexibility index (Phi) is 10.4. The highest BCUT2D eigenvalue weighted by Gasteiger charge is 2.29. The molecule has 0 unspecified atom stereocenters. The van der Waals surface area contributed by atoms with E-state index in [1.54, 1.807) is 4.90 Å². The lowest BCUT2D eigenvalue weighted by molar-refractivity contribution is -0.143. The third-order valence-electron chi connectivity index (χ3n) is 5.52. The van der Waals surface area contributed by atoms with Crippen LogP contribution in [0, 0.1) is 12.8 Å². The second-order valence-electron chi connectivity index (χ2n) is 9.20. The van der Waals surface area contributed by atoms with Crippen molar-refractivity contribution in [3.63, 3.8) is 0 Å². The molecule has 0 aliphatic rings. The first kappa shape index (κ1) is 26.9. The Hall–Kier alpha value is -2.34. The molecule has 2 aromatic rings. The van der Waals surface area contributed by atoms with Crippen LogP contribution in [0.1, 0.15) is 63.6 Å². The van der Waals surface area contributed by atoms with Crippen molar-refractivity contribution in [1.82, 2.24) is 10.2 Å². The number of rotatable bonds is 11. The van der Waals surface area contributed by atoms with Gasteiger partial charge in [0.15, 0.2) is 6.61 Å². The van der Waals surface area contributed by atoms with Crippen LogP contribution in [0.4, 0.5) is 0 Å². The van der Waals surface area contributed by atoms with Crippen LogP contribution in [0.5, 0.6) is 5.75 Å². The van der Waals surface area contributed by atoms with Gasteiger partial charge in [-0.1, -0.05) is 70.5 Å². The van der Waals surface area contributed by atoms with Crippen molar-refractivity contribution in [3.8, 4) is 5.75 Å². The van der Waals surface area contributed by atoms with Gasteiger partial charge in [-0.3, -0.25) is 9.59 Å². The topological polar surface area (TPSA) is 58.6 Å². The lowest BCUT2D eigenvalue weighted by Crippen LogP contribution is -2.50. The Morgan fingerprint density at radius 1 is 1.06 bits per heavy atom. The van der Waals surface area contributed by atoms with Crippen molar-refractivity contribution in [2.75, 3.05) is 13.2 Å². The van der Waals surface area contributed by atoms with Crippen LogP contribution in [-0.4, -0.2) is 35.9 Å². The first-order valence-electron chi connectivity index (χ1n) is 11.7. The standard InChI is InChI=1S/C27H37BrN2O3/c1-7-24(27(32)29-15-18(2)3)30(16-21-10-8-20(6)9-11-21)26(31)17-33-25-13-12-22(19(4)5)14-23(25)28/h8-14,18-19,24H,7,15-17H2,1-6H3,(H,29,32)/t24-/m0/s1. The molecule has 0 aliphatic heterocycles. The second-order valence-corrected chi connectivity index (χ2v) is 10.1. The molecule has 1 N–H and O–H groups in total. The molecule has 0 spiro atoms. The summed E-state index contributed by atoms with van der Waals surface area (Å²) in [5.41, 5.74) is 3.32. The van der Waals surface area contributed by atoms with Crippen molar-refractivity contribution >= 4 is 27.7 Å². The van der Waals surface area contributed by atoms with E-state index in [9.17, 15) is 9.59 Å². The number of carbonyl (C=O) groups excluding carboxylic acids is 2. The highest BCUT2D eigenvalue weighted by molar-refractivity contribution is 9.10. The lowest BCUT2D eigenvalue weighted by Gasteiger charge is -2.31. The van der Waals surface area contributed by atoms with Crippen LogP contribution in [-0.2, 0) is 16.1 Å². The zero-order valence-electron chi connectivity index (χ0n) is 20.7. The summed E-state index contributed by atoms with van der Waals surface area (Å²) in [5, 5.41) is 2.98. The van der Waals surface area contributed by atoms with Crippen molar-refractivity contribution < 1.29 is 14.3 Å². The van der Waals surface area contributed by atoms with Crippen LogP contribution in [0.15, 0.2) is 46.9 Å². The van der Waals surface area contributed by atoms with E-state index in [0.29, 0.717) is 37.1 Å². The molecule has 0 heterocycles. The highest BCUT2D eigenvalue weighted by atomic mass is 79.9. The predicted molar refractivity (Wildman–Crippen MR) is 137 cm³/mol. The van der Waals surface area contributed by atoms with E-state index < -0.39 is 6.04 Å². The van der Waals surface area contributed by atoms with E-state index in [-0.39, 0.29) is 18.4 Å². The number of amides is 2. The fourth-order valence-electron chi connectivity index (χ4n) is 3.45. The third-order valence-corrected chi connectivity index (χ3v) is 6.14. The average molecular weight is 518 g/mol. The molecule has 2 amide bonds. The Morgan fingerprint density at radius 2 is 1.73 bits per heavy atom. The summed E-state index contributed by atoms with van der Waals surface area (Å²) in [4.78, 5) is 27.9. The maximum atomic E-state index is 13.3. The van der Waals surface area contributed by atoms with Gasteiger partial charge in [-0.15, -0.1) is 0 Å². The lowest BCUT2D eigenvalue weighted by atomic mass is 10.0. The number of carbonyl (C=O) groups is 2. The number of nitrogens with zero attached hydrogens (tertiary/aromatic N) is 1. The second kappa shape index (κ2) is 12.8. The van der Waals surface area contributed by atoms with Gasteiger partial charge >= 0.3 is 0 Å². The molecule has 33 heavy (non-hydrogen) atoms. The quantitative estimate of drug-likeness (QED) is 0.408. The van der Waals surface area contributed by atoms with E-state index in [0.717, 1.165) is 15.6 Å². The van der Waals surface area contributed by atoms with E-state index in [1.807, 2.05) is 70.2 Å². The number of halogens is 1. The summed E-state index contributed by atoms with van der Waals surface area (Å²) in [6.45, 7) is 13.1. The number of benzene rings is 2. The Balaban J connectivity index is 2.20. The summed E-state index contributed by atoms with van der Waals surface area (Å²) < 4.78 is 6.69. The molecule has 5 nitrogen and oxygen atoms in total. The van der Waals surface area contributed by atoms with E-state index in [1.165, 1.54) is 5.56 Å². The van der Waals surface area contributed by atoms with E-state index in [2.05, 4.69) is 35.1 Å². The number of hydrogen-bond acceptors (Lipinski definition) is 3. The number of nitrogens with one attached hydrogen (secondary N) is 1. The highest BCUT2D eigenvalue weighted by Crippen LogP contribution is 2.29. The van der Waals surface area contributed by atoms with Gasteiger partial charge < -0.3 is 15.0 Å². The maximum Gasteiger partial charge on any atom is 0.261 e. The normalized spacial score (nSPS) is 12.0. The first-order chi connectivity index (χ1) is 15.6. The minimum atomic E-state index is -0.562. The van der Waals surface area contributed by atoms with Crippen LogP contribution in [0.2, 0.25) is 0 Å². The molecular formula is C27H37BrN2O3. The molecule has 0 aromatic heterocycles. The zero-order valence-corrected chi connectivity index (χ0v) is 22.2. The van der Waals surface area contributed by atoms with Gasteiger partial charge in [-0.05, 0) is 64.4 Å². The fraction of sp³-hybridized carbons (Fsp3) is 0.481. The molecule has 0 bridgehead atoms. The van der Waals surface area contributed by atoms with Gasteiger partial charge in [-0.25, -0.2) is 0 Å². The van der Waals surface area contributed by atoms with Gasteiger partial charge in [0.2, 0.25) is 5.91 Å². The summed E-state index contributed by atoms with van der Waals surface area (Å²) in [7, 11) is 0. The zero-order chi connectivity index (χ0) is 24.5. The summed E-state index contributed by atoms with van der Waals surface area (Å²) in [5.74, 6) is 0.996. The molecule has 0 radical (unpaired) electrons. The fourth-order valence-corrected chi connectivity index (χ4v) is 3.96. The van der Waals surface area contributed by atoms with E-state index >= 15 is 0 Å². The minimum absolute atomic E-state index is 0.130. The number of aryl methyl sites for hydroxylation is 1. The summed E-state index contributed by atoms with van der Waals surface area (Å²) in [6, 6.07) is 13.4. The Morgan fingerprint density at radius 3 is 2.27 bits per heavy atom. The summed E-state index contributed by atoms with van der Waals surface area (Å²) >= 11 is 3.55. The molecular weight excluding hydrogens is 480 g/mol. The van der Waals surface area contributed by atoms with Crippen LogP contribution in [0.25, 0.3) is 0 Å². The van der Waals surface area contributed by atoms with Crippen molar-refractivity contribution in [2.24, 2.45) is 5.92 Å². The largest absolute Gasteiger partial charge is 0.483 e. The van der Waals surface area contributed by atoms with Crippen LogP contribution < -0.4 is 10.1 Å². The van der Waals surface area contributed by atoms with E-state index in [4.69, 9.17) is 4.74 Å². The molecule has 1 atom stereocenters. The number of hydrogen-bond donors (Lipinski definition) is 1. The van der Waals surface area contributed by atoms with Crippen molar-refractivity contribution in [3.05, 3.63) is 63.6 Å². The van der Waals surface area contributed by atoms with Crippen LogP contribution >= 0.6 is 15.9 Å².